The van der Waals surface area contributed by atoms with E-state index in [9.17, 15) is 9.59 Å². The zero-order chi connectivity index (χ0) is 8.27. The van der Waals surface area contributed by atoms with E-state index in [4.69, 9.17) is 0 Å². The van der Waals surface area contributed by atoms with Crippen LogP contribution < -0.4 is 5.56 Å². The molecule has 11 heavy (non-hydrogen) atoms. The van der Waals surface area contributed by atoms with Gasteiger partial charge in [-0.15, -0.1) is 5.10 Å². The number of H-pyrrole nitrogens is 2. The number of nitrogens with one attached hydrogen (secondary N) is 2. The van der Waals surface area contributed by atoms with Crippen LogP contribution in [0.25, 0.3) is 0 Å². The van der Waals surface area contributed by atoms with Gasteiger partial charge in [0.2, 0.25) is 5.69 Å². The van der Waals surface area contributed by atoms with E-state index in [1.807, 2.05) is 0 Å². The van der Waals surface area contributed by atoms with Crippen molar-refractivity contribution in [2.75, 3.05) is 6.61 Å². The van der Waals surface area contributed by atoms with Crippen LogP contribution in [0.2, 0.25) is 0 Å². The van der Waals surface area contributed by atoms with E-state index in [0.717, 1.165) is 0 Å². The maximum atomic E-state index is 10.8. The van der Waals surface area contributed by atoms with Gasteiger partial charge < -0.3 is 4.74 Å². The SMILES string of the molecule is CCOC(=O)c1n[nH][nH]c1=O. The molecule has 0 unspecified atom stereocenters. The number of rotatable bonds is 2. The molecule has 0 aliphatic rings. The van der Waals surface area contributed by atoms with Crippen LogP contribution >= 0.6 is 0 Å². The van der Waals surface area contributed by atoms with Crippen molar-refractivity contribution in [1.29, 1.82) is 0 Å². The minimum atomic E-state index is -0.713. The first-order valence-electron chi connectivity index (χ1n) is 3.06. The zero-order valence-electron chi connectivity index (χ0n) is 5.88. The number of esters is 1. The number of hydrogen-bond donors (Lipinski definition) is 2. The number of aromatic amines is 2. The van der Waals surface area contributed by atoms with Gasteiger partial charge in [0.1, 0.15) is 0 Å². The fraction of sp³-hybridized carbons (Fsp3) is 0.400. The summed E-state index contributed by atoms with van der Waals surface area (Å²) in [6, 6.07) is 0. The molecule has 6 heteroatoms. The third kappa shape index (κ3) is 1.46. The van der Waals surface area contributed by atoms with Crippen molar-refractivity contribution in [3.8, 4) is 0 Å². The number of hydrogen-bond acceptors (Lipinski definition) is 4. The minimum absolute atomic E-state index is 0.227. The van der Waals surface area contributed by atoms with Crippen molar-refractivity contribution in [2.24, 2.45) is 0 Å². The van der Waals surface area contributed by atoms with E-state index in [2.05, 4.69) is 20.1 Å². The summed E-state index contributed by atoms with van der Waals surface area (Å²) in [4.78, 5) is 21.5. The van der Waals surface area contributed by atoms with Gasteiger partial charge in [-0.05, 0) is 6.92 Å². The second-order valence-electron chi connectivity index (χ2n) is 1.75. The molecule has 2 N–H and O–H groups in total. The Morgan fingerprint density at radius 2 is 2.45 bits per heavy atom. The molecule has 0 saturated heterocycles. The highest BCUT2D eigenvalue weighted by atomic mass is 16.5. The Balaban J connectivity index is 2.85. The summed E-state index contributed by atoms with van der Waals surface area (Å²) in [6.45, 7) is 1.88. The molecule has 1 rings (SSSR count). The number of carbonyl (C=O) groups excluding carboxylic acids is 1. The highest BCUT2D eigenvalue weighted by Crippen LogP contribution is 1.86. The van der Waals surface area contributed by atoms with Crippen molar-refractivity contribution in [1.82, 2.24) is 15.4 Å². The topological polar surface area (TPSA) is 87.8 Å². The second kappa shape index (κ2) is 3.00. The third-order valence-electron chi connectivity index (χ3n) is 1.02. The van der Waals surface area contributed by atoms with Gasteiger partial charge in [-0.3, -0.25) is 4.79 Å². The summed E-state index contributed by atoms with van der Waals surface area (Å²) >= 11 is 0. The smallest absolute Gasteiger partial charge is 0.364 e. The second-order valence-corrected chi connectivity index (χ2v) is 1.75. The molecule has 0 aliphatic carbocycles. The molecule has 0 radical (unpaired) electrons. The molecule has 6 nitrogen and oxygen atoms in total. The van der Waals surface area contributed by atoms with Gasteiger partial charge in [0.25, 0.3) is 5.56 Å². The summed E-state index contributed by atoms with van der Waals surface area (Å²) in [5.41, 5.74) is -0.810. The normalized spacial score (nSPS) is 9.55. The van der Waals surface area contributed by atoms with E-state index in [1.165, 1.54) is 0 Å². The Kier molecular flexibility index (Phi) is 2.05. The molecule has 0 bridgehead atoms. The average Bonchev–Trinajstić information content (AvgIpc) is 2.36. The number of aromatic nitrogens is 3. The van der Waals surface area contributed by atoms with Gasteiger partial charge in [0.05, 0.1) is 6.61 Å². The Bertz CT molecular complexity index is 300. The highest BCUT2D eigenvalue weighted by Gasteiger charge is 2.13. The van der Waals surface area contributed by atoms with Crippen molar-refractivity contribution in [3.63, 3.8) is 0 Å². The molecule has 1 aromatic rings. The minimum Gasteiger partial charge on any atom is -0.461 e. The van der Waals surface area contributed by atoms with E-state index in [-0.39, 0.29) is 12.3 Å². The van der Waals surface area contributed by atoms with Crippen molar-refractivity contribution < 1.29 is 9.53 Å². The van der Waals surface area contributed by atoms with Crippen LogP contribution in [0.1, 0.15) is 17.4 Å². The van der Waals surface area contributed by atoms with Crippen LogP contribution in [0.3, 0.4) is 0 Å². The van der Waals surface area contributed by atoms with Gasteiger partial charge in [-0.25, -0.2) is 15.1 Å². The molecular weight excluding hydrogens is 150 g/mol. The largest absolute Gasteiger partial charge is 0.461 e. The lowest BCUT2D eigenvalue weighted by atomic mass is 10.5. The molecule has 0 saturated carbocycles. The molecule has 0 amide bonds. The van der Waals surface area contributed by atoms with E-state index in [0.29, 0.717) is 0 Å². The first-order valence-corrected chi connectivity index (χ1v) is 3.06. The molecule has 0 aliphatic heterocycles. The van der Waals surface area contributed by atoms with Gasteiger partial charge in [-0.1, -0.05) is 0 Å². The molecule has 0 aromatic carbocycles. The molecule has 0 fully saturated rings. The number of carbonyl (C=O) groups is 1. The summed E-state index contributed by atoms with van der Waals surface area (Å²) in [7, 11) is 0. The monoisotopic (exact) mass is 157 g/mol. The van der Waals surface area contributed by atoms with Crippen LogP contribution in [0.15, 0.2) is 4.79 Å². The van der Waals surface area contributed by atoms with Gasteiger partial charge in [0, 0.05) is 0 Å². The van der Waals surface area contributed by atoms with Gasteiger partial charge in [0.15, 0.2) is 0 Å². The molecule has 60 valence electrons. The Labute approximate surface area is 61.5 Å². The average molecular weight is 157 g/mol. The molecule has 0 atom stereocenters. The fourth-order valence-corrected chi connectivity index (χ4v) is 0.582. The summed E-state index contributed by atoms with van der Waals surface area (Å²) in [6.07, 6.45) is 0. The Hall–Kier alpha value is -1.59. The number of nitrogens with zero attached hydrogens (tertiary/aromatic N) is 1. The molecule has 1 heterocycles. The predicted octanol–water partition coefficient (Wildman–Crippen LogP) is -0.725. The maximum absolute atomic E-state index is 10.8. The maximum Gasteiger partial charge on any atom is 0.364 e. The predicted molar refractivity (Wildman–Crippen MR) is 35.2 cm³/mol. The lowest BCUT2D eigenvalue weighted by Gasteiger charge is -1.93. The van der Waals surface area contributed by atoms with Crippen molar-refractivity contribution in [2.45, 2.75) is 6.92 Å². The highest BCUT2D eigenvalue weighted by molar-refractivity contribution is 5.86. The van der Waals surface area contributed by atoms with E-state index in [1.54, 1.807) is 6.92 Å². The molecular formula is C5H7N3O3. The zero-order valence-corrected chi connectivity index (χ0v) is 5.88. The van der Waals surface area contributed by atoms with Crippen LogP contribution in [0.5, 0.6) is 0 Å². The molecule has 1 aromatic heterocycles. The standard InChI is InChI=1S/C5H7N3O3/c1-2-11-5(10)3-4(9)7-8-6-3/h2H2,1H3,(H2,6,7,8,9). The van der Waals surface area contributed by atoms with Crippen LogP contribution in [-0.4, -0.2) is 28.0 Å². The summed E-state index contributed by atoms with van der Waals surface area (Å²) < 4.78 is 4.53. The Morgan fingerprint density at radius 3 is 2.91 bits per heavy atom. The first-order chi connectivity index (χ1) is 5.25. The lowest BCUT2D eigenvalue weighted by molar-refractivity contribution is 0.0518. The van der Waals surface area contributed by atoms with E-state index >= 15 is 0 Å². The van der Waals surface area contributed by atoms with Crippen LogP contribution in [0, 0.1) is 0 Å². The van der Waals surface area contributed by atoms with Gasteiger partial charge in [-0.2, -0.15) is 0 Å². The van der Waals surface area contributed by atoms with Crippen molar-refractivity contribution >= 4 is 5.97 Å². The van der Waals surface area contributed by atoms with Crippen LogP contribution in [0.4, 0.5) is 0 Å². The Morgan fingerprint density at radius 1 is 1.73 bits per heavy atom. The first kappa shape index (κ1) is 7.52. The number of ether oxygens (including phenoxy) is 1. The summed E-state index contributed by atoms with van der Waals surface area (Å²) in [5, 5.41) is 7.63. The quantitative estimate of drug-likeness (QED) is 0.554. The van der Waals surface area contributed by atoms with E-state index < -0.39 is 11.5 Å². The molecule has 0 spiro atoms. The fourth-order valence-electron chi connectivity index (χ4n) is 0.582. The van der Waals surface area contributed by atoms with Gasteiger partial charge >= 0.3 is 5.97 Å². The lowest BCUT2D eigenvalue weighted by Crippen LogP contribution is -2.15. The third-order valence-corrected chi connectivity index (χ3v) is 1.02. The van der Waals surface area contributed by atoms with Crippen molar-refractivity contribution in [3.05, 3.63) is 16.0 Å². The van der Waals surface area contributed by atoms with Crippen LogP contribution in [-0.2, 0) is 4.74 Å². The summed E-state index contributed by atoms with van der Waals surface area (Å²) in [5.74, 6) is -0.713.